The Kier molecular flexibility index (Phi) is 4.53. The number of anilines is 1. The molecule has 3 unspecified atom stereocenters. The largest absolute Gasteiger partial charge is 0.497 e. The second-order valence-electron chi connectivity index (χ2n) is 5.89. The lowest BCUT2D eigenvalue weighted by Gasteiger charge is -2.32. The molecule has 4 heteroatoms. The molecule has 1 aliphatic carbocycles. The molecule has 1 aliphatic rings. The minimum absolute atomic E-state index is 0.104. The Labute approximate surface area is 120 Å². The molecule has 0 spiro atoms. The maximum atomic E-state index is 12.3. The maximum Gasteiger partial charge on any atom is 0.253 e. The van der Waals surface area contributed by atoms with E-state index in [1.54, 1.807) is 25.3 Å². The third kappa shape index (κ3) is 3.24. The molecule has 2 rings (SSSR count). The second kappa shape index (κ2) is 6.16. The first-order valence-electron chi connectivity index (χ1n) is 7.25. The van der Waals surface area contributed by atoms with Crippen molar-refractivity contribution in [2.75, 3.05) is 12.8 Å². The SMILES string of the molecule is COc1ccc(N)c(C(=O)NC2CCC(C)C(C)C2)c1. The lowest BCUT2D eigenvalue weighted by molar-refractivity contribution is 0.0911. The lowest BCUT2D eigenvalue weighted by Crippen LogP contribution is -2.40. The van der Waals surface area contributed by atoms with Crippen molar-refractivity contribution in [2.24, 2.45) is 11.8 Å². The van der Waals surface area contributed by atoms with Crippen LogP contribution < -0.4 is 15.8 Å². The van der Waals surface area contributed by atoms with Crippen LogP contribution in [0.5, 0.6) is 5.75 Å². The highest BCUT2D eigenvalue weighted by Crippen LogP contribution is 2.29. The van der Waals surface area contributed by atoms with E-state index in [1.807, 2.05) is 0 Å². The van der Waals surface area contributed by atoms with E-state index in [4.69, 9.17) is 10.5 Å². The number of nitrogen functional groups attached to an aromatic ring is 1. The number of rotatable bonds is 3. The molecule has 0 aromatic heterocycles. The van der Waals surface area contributed by atoms with Gasteiger partial charge in [-0.05, 0) is 49.3 Å². The second-order valence-corrected chi connectivity index (χ2v) is 5.89. The molecule has 1 aromatic carbocycles. The van der Waals surface area contributed by atoms with Crippen molar-refractivity contribution in [1.82, 2.24) is 5.32 Å². The van der Waals surface area contributed by atoms with Crippen LogP contribution in [0, 0.1) is 11.8 Å². The molecule has 3 atom stereocenters. The Morgan fingerprint density at radius 2 is 2.05 bits per heavy atom. The zero-order valence-corrected chi connectivity index (χ0v) is 12.5. The minimum atomic E-state index is -0.104. The van der Waals surface area contributed by atoms with Gasteiger partial charge in [0.1, 0.15) is 5.75 Å². The van der Waals surface area contributed by atoms with E-state index in [0.29, 0.717) is 22.9 Å². The number of nitrogens with one attached hydrogen (secondary N) is 1. The minimum Gasteiger partial charge on any atom is -0.497 e. The number of benzene rings is 1. The lowest BCUT2D eigenvalue weighted by atomic mass is 9.79. The molecule has 0 heterocycles. The number of hydrogen-bond acceptors (Lipinski definition) is 3. The van der Waals surface area contributed by atoms with Gasteiger partial charge >= 0.3 is 0 Å². The number of ether oxygens (including phenoxy) is 1. The van der Waals surface area contributed by atoms with Crippen LogP contribution in [0.4, 0.5) is 5.69 Å². The van der Waals surface area contributed by atoms with Crippen molar-refractivity contribution in [2.45, 2.75) is 39.2 Å². The summed E-state index contributed by atoms with van der Waals surface area (Å²) in [5.41, 5.74) is 6.87. The van der Waals surface area contributed by atoms with E-state index in [2.05, 4.69) is 19.2 Å². The van der Waals surface area contributed by atoms with Crippen molar-refractivity contribution in [3.05, 3.63) is 23.8 Å². The summed E-state index contributed by atoms with van der Waals surface area (Å²) in [6.07, 6.45) is 3.25. The number of amides is 1. The van der Waals surface area contributed by atoms with Crippen LogP contribution >= 0.6 is 0 Å². The molecular formula is C16H24N2O2. The molecule has 1 aromatic rings. The van der Waals surface area contributed by atoms with Gasteiger partial charge in [0.2, 0.25) is 0 Å². The normalized spacial score (nSPS) is 26.1. The van der Waals surface area contributed by atoms with Gasteiger partial charge in [-0.3, -0.25) is 4.79 Å². The first-order chi connectivity index (χ1) is 9.51. The molecule has 1 saturated carbocycles. The summed E-state index contributed by atoms with van der Waals surface area (Å²) >= 11 is 0. The Hall–Kier alpha value is -1.71. The number of carbonyl (C=O) groups is 1. The van der Waals surface area contributed by atoms with E-state index in [0.717, 1.165) is 18.8 Å². The fourth-order valence-corrected chi connectivity index (χ4v) is 2.80. The molecule has 20 heavy (non-hydrogen) atoms. The Morgan fingerprint density at radius 3 is 2.70 bits per heavy atom. The van der Waals surface area contributed by atoms with Crippen molar-refractivity contribution in [3.63, 3.8) is 0 Å². The highest BCUT2D eigenvalue weighted by Gasteiger charge is 2.26. The molecule has 1 amide bonds. The molecule has 0 aliphatic heterocycles. The van der Waals surface area contributed by atoms with Crippen molar-refractivity contribution in [1.29, 1.82) is 0 Å². The summed E-state index contributed by atoms with van der Waals surface area (Å²) in [5, 5.41) is 3.10. The molecule has 3 N–H and O–H groups in total. The molecule has 1 fully saturated rings. The van der Waals surface area contributed by atoms with Gasteiger partial charge in [-0.2, -0.15) is 0 Å². The molecule has 0 bridgehead atoms. The smallest absolute Gasteiger partial charge is 0.253 e. The predicted octanol–water partition coefficient (Wildman–Crippen LogP) is 2.83. The van der Waals surface area contributed by atoms with Crippen LogP contribution in [0.3, 0.4) is 0 Å². The van der Waals surface area contributed by atoms with Gasteiger partial charge in [-0.1, -0.05) is 13.8 Å². The number of nitrogens with two attached hydrogens (primary N) is 1. The van der Waals surface area contributed by atoms with Crippen molar-refractivity contribution < 1.29 is 9.53 Å². The zero-order chi connectivity index (χ0) is 14.7. The summed E-state index contributed by atoms with van der Waals surface area (Å²) in [4.78, 5) is 12.3. The van der Waals surface area contributed by atoms with Gasteiger partial charge < -0.3 is 15.8 Å². The van der Waals surface area contributed by atoms with Gasteiger partial charge in [0.25, 0.3) is 5.91 Å². The average Bonchev–Trinajstić information content (AvgIpc) is 2.43. The van der Waals surface area contributed by atoms with Crippen LogP contribution in [0.2, 0.25) is 0 Å². The van der Waals surface area contributed by atoms with Crippen molar-refractivity contribution in [3.8, 4) is 5.75 Å². The Balaban J connectivity index is 2.05. The highest BCUT2D eigenvalue weighted by atomic mass is 16.5. The first-order valence-corrected chi connectivity index (χ1v) is 7.25. The fourth-order valence-electron chi connectivity index (χ4n) is 2.80. The van der Waals surface area contributed by atoms with Crippen LogP contribution in [0.15, 0.2) is 18.2 Å². The van der Waals surface area contributed by atoms with E-state index in [-0.39, 0.29) is 11.9 Å². The summed E-state index contributed by atoms with van der Waals surface area (Å²) < 4.78 is 5.15. The van der Waals surface area contributed by atoms with Gasteiger partial charge in [-0.25, -0.2) is 0 Å². The standard InChI is InChI=1S/C16H24N2O2/c1-10-4-5-12(8-11(10)2)18-16(19)14-9-13(20-3)6-7-15(14)17/h6-7,9-12H,4-5,8,17H2,1-3H3,(H,18,19). The van der Waals surface area contributed by atoms with E-state index >= 15 is 0 Å². The fraction of sp³-hybridized carbons (Fsp3) is 0.562. The summed E-state index contributed by atoms with van der Waals surface area (Å²) in [7, 11) is 1.58. The van der Waals surface area contributed by atoms with E-state index in [1.165, 1.54) is 6.42 Å². The Morgan fingerprint density at radius 1 is 1.30 bits per heavy atom. The molecule has 110 valence electrons. The van der Waals surface area contributed by atoms with Gasteiger partial charge in [-0.15, -0.1) is 0 Å². The topological polar surface area (TPSA) is 64.3 Å². The molecule has 0 radical (unpaired) electrons. The monoisotopic (exact) mass is 276 g/mol. The molecule has 0 saturated heterocycles. The zero-order valence-electron chi connectivity index (χ0n) is 12.5. The number of methoxy groups -OCH3 is 1. The average molecular weight is 276 g/mol. The van der Waals surface area contributed by atoms with E-state index in [9.17, 15) is 4.79 Å². The number of carbonyl (C=O) groups excluding carboxylic acids is 1. The first kappa shape index (κ1) is 14.7. The number of hydrogen-bond donors (Lipinski definition) is 2. The van der Waals surface area contributed by atoms with Crippen LogP contribution in [-0.2, 0) is 0 Å². The van der Waals surface area contributed by atoms with Gasteiger partial charge in [0, 0.05) is 11.7 Å². The summed E-state index contributed by atoms with van der Waals surface area (Å²) in [6, 6.07) is 5.41. The quantitative estimate of drug-likeness (QED) is 0.834. The third-order valence-electron chi connectivity index (χ3n) is 4.44. The van der Waals surface area contributed by atoms with Crippen LogP contribution in [0.1, 0.15) is 43.5 Å². The van der Waals surface area contributed by atoms with Gasteiger partial charge in [0.15, 0.2) is 0 Å². The third-order valence-corrected chi connectivity index (χ3v) is 4.44. The van der Waals surface area contributed by atoms with Gasteiger partial charge in [0.05, 0.1) is 12.7 Å². The highest BCUT2D eigenvalue weighted by molar-refractivity contribution is 5.99. The van der Waals surface area contributed by atoms with Crippen molar-refractivity contribution >= 4 is 11.6 Å². The summed E-state index contributed by atoms with van der Waals surface area (Å²) in [5.74, 6) is 1.94. The predicted molar refractivity (Wildman–Crippen MR) is 80.8 cm³/mol. The summed E-state index contributed by atoms with van der Waals surface area (Å²) in [6.45, 7) is 4.53. The van der Waals surface area contributed by atoms with Crippen LogP contribution in [0.25, 0.3) is 0 Å². The molecule has 4 nitrogen and oxygen atoms in total. The Bertz CT molecular complexity index is 487. The molecular weight excluding hydrogens is 252 g/mol. The van der Waals surface area contributed by atoms with E-state index < -0.39 is 0 Å². The maximum absolute atomic E-state index is 12.3. The van der Waals surface area contributed by atoms with Crippen LogP contribution in [-0.4, -0.2) is 19.1 Å².